The third-order valence-electron chi connectivity index (χ3n) is 7.90. The number of piperazine rings is 1. The van der Waals surface area contributed by atoms with Gasteiger partial charge in [0.25, 0.3) is 5.56 Å². The van der Waals surface area contributed by atoms with E-state index in [1.165, 1.54) is 21.1 Å². The van der Waals surface area contributed by atoms with Crippen molar-refractivity contribution >= 4 is 17.4 Å². The van der Waals surface area contributed by atoms with Gasteiger partial charge in [-0.15, -0.1) is 11.8 Å². The predicted molar refractivity (Wildman–Crippen MR) is 164 cm³/mol. The molecule has 1 aliphatic rings. The number of nitrogens with two attached hydrogens (primary N) is 1. The molecule has 5 rings (SSSR count). The van der Waals surface area contributed by atoms with Crippen LogP contribution in [0.2, 0.25) is 0 Å². The molecule has 3 aromatic carbocycles. The van der Waals surface area contributed by atoms with Crippen molar-refractivity contribution in [3.8, 4) is 0 Å². The largest absolute Gasteiger partial charge is 0.363 e. The molecule has 2 heterocycles. The van der Waals surface area contributed by atoms with Crippen molar-refractivity contribution in [2.75, 3.05) is 37.3 Å². The number of aromatic nitrogens is 2. The summed E-state index contributed by atoms with van der Waals surface area (Å²) in [5.74, 6) is -1.50. The molecule has 1 fully saturated rings. The molecule has 220 valence electrons. The summed E-state index contributed by atoms with van der Waals surface area (Å²) in [6.07, 6.45) is 2.05. The summed E-state index contributed by atoms with van der Waals surface area (Å²) < 4.78 is 31.7. The minimum Gasteiger partial charge on any atom is -0.363 e. The highest BCUT2D eigenvalue weighted by molar-refractivity contribution is 7.98. The molecule has 4 aromatic rings. The second-order valence-corrected chi connectivity index (χ2v) is 11.4. The number of anilines is 1. The molecule has 2 N–H and O–H groups in total. The van der Waals surface area contributed by atoms with Crippen molar-refractivity contribution in [1.82, 2.24) is 14.0 Å². The second kappa shape index (κ2) is 13.1. The van der Waals surface area contributed by atoms with E-state index in [-0.39, 0.29) is 18.7 Å². The van der Waals surface area contributed by atoms with E-state index in [2.05, 4.69) is 35.4 Å². The lowest BCUT2D eigenvalue weighted by Gasteiger charge is -2.37. The lowest BCUT2D eigenvalue weighted by atomic mass is 10.1. The molecule has 0 aliphatic carbocycles. The molecule has 1 aromatic heterocycles. The molecule has 0 radical (unpaired) electrons. The van der Waals surface area contributed by atoms with E-state index in [0.717, 1.165) is 28.8 Å². The van der Waals surface area contributed by atoms with E-state index in [4.69, 9.17) is 5.73 Å². The van der Waals surface area contributed by atoms with Gasteiger partial charge in [0.15, 0.2) is 0 Å². The Balaban J connectivity index is 1.47. The Labute approximate surface area is 248 Å². The van der Waals surface area contributed by atoms with Crippen LogP contribution in [-0.4, -0.2) is 46.5 Å². The van der Waals surface area contributed by atoms with Crippen LogP contribution in [0.3, 0.4) is 0 Å². The summed E-state index contributed by atoms with van der Waals surface area (Å²) in [7, 11) is 0. The van der Waals surface area contributed by atoms with Crippen LogP contribution in [0.4, 0.5) is 14.5 Å². The van der Waals surface area contributed by atoms with Gasteiger partial charge in [-0.05, 0) is 48.6 Å². The highest BCUT2D eigenvalue weighted by atomic mass is 32.2. The molecular weight excluding hydrogens is 556 g/mol. The third-order valence-corrected chi connectivity index (χ3v) is 8.64. The average molecular weight is 592 g/mol. The van der Waals surface area contributed by atoms with E-state index in [9.17, 15) is 18.4 Å². The third kappa shape index (κ3) is 6.35. The molecular formula is C32H35F2N5O2S. The standard InChI is InChI=1S/C32H35F2N5O2S/c1-22-30(37-17-15-36(16-18-37)19-23-11-13-25(42-2)14-12-23)31(40)39(21-29(35)24-7-4-3-5-8-24)32(41)38(22)20-26-27(33)9-6-10-28(26)34/h3-14,29H,15-21,35H2,1-2H3. The number of halogens is 2. The van der Waals surface area contributed by atoms with Crippen molar-refractivity contribution < 1.29 is 8.78 Å². The SMILES string of the molecule is CSc1ccc(CN2CCN(c3c(C)n(Cc4c(F)cccc4F)c(=O)n(CC(N)c4ccccc4)c3=O)CC2)cc1. The lowest BCUT2D eigenvalue weighted by Crippen LogP contribution is -2.51. The maximum atomic E-state index is 14.7. The van der Waals surface area contributed by atoms with Gasteiger partial charge >= 0.3 is 5.69 Å². The molecule has 0 spiro atoms. The summed E-state index contributed by atoms with van der Waals surface area (Å²) in [6, 6.07) is 20.7. The molecule has 42 heavy (non-hydrogen) atoms. The number of hydrogen-bond donors (Lipinski definition) is 1. The molecule has 10 heteroatoms. The smallest absolute Gasteiger partial charge is 0.331 e. The molecule has 1 unspecified atom stereocenters. The molecule has 0 bridgehead atoms. The van der Waals surface area contributed by atoms with E-state index in [1.807, 2.05) is 35.2 Å². The summed E-state index contributed by atoms with van der Waals surface area (Å²) in [4.78, 5) is 33.2. The van der Waals surface area contributed by atoms with Gasteiger partial charge in [0.1, 0.15) is 17.3 Å². The Bertz CT molecular complexity index is 1630. The van der Waals surface area contributed by atoms with Crippen molar-refractivity contribution in [2.24, 2.45) is 5.73 Å². The summed E-state index contributed by atoms with van der Waals surface area (Å²) in [6.45, 7) is 4.61. The Morgan fingerprint density at radius 1 is 0.833 bits per heavy atom. The van der Waals surface area contributed by atoms with Gasteiger partial charge in [0.05, 0.1) is 13.1 Å². The summed E-state index contributed by atoms with van der Waals surface area (Å²) in [5.41, 5.74) is 7.83. The maximum absolute atomic E-state index is 14.7. The van der Waals surface area contributed by atoms with Crippen LogP contribution in [0.1, 0.15) is 28.4 Å². The Hall–Kier alpha value is -3.73. The molecule has 0 amide bonds. The zero-order chi connectivity index (χ0) is 29.8. The van der Waals surface area contributed by atoms with Crippen molar-refractivity contribution in [2.45, 2.75) is 37.5 Å². The second-order valence-electron chi connectivity index (χ2n) is 10.5. The first-order valence-corrected chi connectivity index (χ1v) is 15.2. The monoisotopic (exact) mass is 591 g/mol. The fourth-order valence-electron chi connectivity index (χ4n) is 5.46. The zero-order valence-electron chi connectivity index (χ0n) is 23.8. The summed E-state index contributed by atoms with van der Waals surface area (Å²) >= 11 is 1.71. The number of benzene rings is 3. The molecule has 1 atom stereocenters. The van der Waals surface area contributed by atoms with Gasteiger partial charge in [-0.1, -0.05) is 48.5 Å². The molecule has 0 saturated carbocycles. The fraction of sp³-hybridized carbons (Fsp3) is 0.312. The fourth-order valence-corrected chi connectivity index (χ4v) is 5.87. The van der Waals surface area contributed by atoms with E-state index < -0.39 is 28.9 Å². The molecule has 1 saturated heterocycles. The minimum atomic E-state index is -0.749. The van der Waals surface area contributed by atoms with Gasteiger partial charge in [0.2, 0.25) is 0 Å². The number of thioether (sulfide) groups is 1. The van der Waals surface area contributed by atoms with Gasteiger partial charge in [-0.3, -0.25) is 18.8 Å². The Kier molecular flexibility index (Phi) is 9.25. The predicted octanol–water partition coefficient (Wildman–Crippen LogP) is 4.39. The van der Waals surface area contributed by atoms with E-state index in [1.54, 1.807) is 18.7 Å². The van der Waals surface area contributed by atoms with Crippen LogP contribution in [0.25, 0.3) is 0 Å². The van der Waals surface area contributed by atoms with Crippen molar-refractivity contribution in [1.29, 1.82) is 0 Å². The van der Waals surface area contributed by atoms with Crippen LogP contribution in [0, 0.1) is 18.6 Å². The van der Waals surface area contributed by atoms with Crippen LogP contribution >= 0.6 is 11.8 Å². The number of nitrogens with zero attached hydrogens (tertiary/aromatic N) is 4. The van der Waals surface area contributed by atoms with Crippen molar-refractivity contribution in [3.05, 3.63) is 128 Å². The van der Waals surface area contributed by atoms with E-state index in [0.29, 0.717) is 37.6 Å². The normalized spacial score (nSPS) is 14.7. The number of hydrogen-bond acceptors (Lipinski definition) is 6. The van der Waals surface area contributed by atoms with Gasteiger partial charge in [0, 0.05) is 54.9 Å². The topological polar surface area (TPSA) is 76.5 Å². The maximum Gasteiger partial charge on any atom is 0.331 e. The lowest BCUT2D eigenvalue weighted by molar-refractivity contribution is 0.249. The van der Waals surface area contributed by atoms with Gasteiger partial charge < -0.3 is 10.6 Å². The first kappa shape index (κ1) is 29.8. The van der Waals surface area contributed by atoms with Crippen molar-refractivity contribution in [3.63, 3.8) is 0 Å². The van der Waals surface area contributed by atoms with Crippen LogP contribution in [0.5, 0.6) is 0 Å². The first-order chi connectivity index (χ1) is 20.3. The highest BCUT2D eigenvalue weighted by Crippen LogP contribution is 2.21. The minimum absolute atomic E-state index is 0.0687. The zero-order valence-corrected chi connectivity index (χ0v) is 24.6. The van der Waals surface area contributed by atoms with E-state index >= 15 is 0 Å². The Morgan fingerprint density at radius 2 is 1.48 bits per heavy atom. The van der Waals surface area contributed by atoms with Crippen LogP contribution < -0.4 is 21.9 Å². The average Bonchev–Trinajstić information content (AvgIpc) is 3.00. The number of rotatable bonds is 9. The quantitative estimate of drug-likeness (QED) is 0.291. The van der Waals surface area contributed by atoms with Gasteiger partial charge in [-0.25, -0.2) is 13.6 Å². The van der Waals surface area contributed by atoms with Crippen LogP contribution in [-0.2, 0) is 19.6 Å². The molecule has 1 aliphatic heterocycles. The van der Waals surface area contributed by atoms with Crippen LogP contribution in [0.15, 0.2) is 87.3 Å². The first-order valence-electron chi connectivity index (χ1n) is 13.9. The van der Waals surface area contributed by atoms with Gasteiger partial charge in [-0.2, -0.15) is 0 Å². The highest BCUT2D eigenvalue weighted by Gasteiger charge is 2.26. The summed E-state index contributed by atoms with van der Waals surface area (Å²) in [5, 5.41) is 0. The Morgan fingerprint density at radius 3 is 2.10 bits per heavy atom. The molecule has 7 nitrogen and oxygen atoms in total.